The fourth-order valence-electron chi connectivity index (χ4n) is 1.96. The van der Waals surface area contributed by atoms with E-state index < -0.39 is 0 Å². The molecule has 0 radical (unpaired) electrons. The van der Waals surface area contributed by atoms with Gasteiger partial charge in [0.05, 0.1) is 0 Å². The molecular weight excluding hydrogens is 258 g/mol. The molecule has 19 heavy (non-hydrogen) atoms. The SMILES string of the molecule is Clc1nnnc(-c2ccccc2)c1-c1ccccc1. The van der Waals surface area contributed by atoms with Gasteiger partial charge in [-0.15, -0.1) is 10.2 Å². The Kier molecular flexibility index (Phi) is 3.21. The Morgan fingerprint density at radius 3 is 1.89 bits per heavy atom. The lowest BCUT2D eigenvalue weighted by Crippen LogP contribution is -1.96. The largest absolute Gasteiger partial charge is 0.163 e. The van der Waals surface area contributed by atoms with Crippen molar-refractivity contribution >= 4 is 11.6 Å². The van der Waals surface area contributed by atoms with Gasteiger partial charge in [-0.05, 0) is 10.8 Å². The predicted molar refractivity (Wildman–Crippen MR) is 75.7 cm³/mol. The molecule has 0 bridgehead atoms. The zero-order valence-electron chi connectivity index (χ0n) is 9.99. The lowest BCUT2D eigenvalue weighted by atomic mass is 10.0. The van der Waals surface area contributed by atoms with Gasteiger partial charge in [0.15, 0.2) is 5.15 Å². The van der Waals surface area contributed by atoms with Crippen molar-refractivity contribution in [1.82, 2.24) is 15.4 Å². The first-order valence-electron chi connectivity index (χ1n) is 5.86. The van der Waals surface area contributed by atoms with E-state index in [2.05, 4.69) is 15.4 Å². The molecule has 2 aromatic carbocycles. The van der Waals surface area contributed by atoms with Crippen molar-refractivity contribution in [3.63, 3.8) is 0 Å². The molecule has 0 aliphatic rings. The van der Waals surface area contributed by atoms with Gasteiger partial charge >= 0.3 is 0 Å². The average molecular weight is 268 g/mol. The van der Waals surface area contributed by atoms with Crippen LogP contribution in [-0.4, -0.2) is 15.4 Å². The Balaban J connectivity index is 2.25. The molecule has 0 atom stereocenters. The Hall–Kier alpha value is -2.26. The fourth-order valence-corrected chi connectivity index (χ4v) is 2.20. The normalized spacial score (nSPS) is 10.4. The highest BCUT2D eigenvalue weighted by molar-refractivity contribution is 6.32. The maximum Gasteiger partial charge on any atom is 0.163 e. The minimum atomic E-state index is 0.361. The molecule has 3 aromatic rings. The van der Waals surface area contributed by atoms with Gasteiger partial charge in [0.2, 0.25) is 0 Å². The molecule has 0 amide bonds. The van der Waals surface area contributed by atoms with Gasteiger partial charge in [-0.3, -0.25) is 0 Å². The number of nitrogens with zero attached hydrogens (tertiary/aromatic N) is 3. The molecule has 4 heteroatoms. The number of halogens is 1. The number of aromatic nitrogens is 3. The number of hydrogen-bond acceptors (Lipinski definition) is 3. The maximum atomic E-state index is 6.20. The Morgan fingerprint density at radius 2 is 1.26 bits per heavy atom. The second kappa shape index (κ2) is 5.16. The summed E-state index contributed by atoms with van der Waals surface area (Å²) in [6.07, 6.45) is 0. The lowest BCUT2D eigenvalue weighted by molar-refractivity contribution is 0.873. The van der Waals surface area contributed by atoms with E-state index in [0.29, 0.717) is 5.15 Å². The highest BCUT2D eigenvalue weighted by Crippen LogP contribution is 2.33. The van der Waals surface area contributed by atoms with Crippen LogP contribution in [0.1, 0.15) is 0 Å². The molecule has 1 heterocycles. The van der Waals surface area contributed by atoms with Crippen molar-refractivity contribution in [3.8, 4) is 22.4 Å². The van der Waals surface area contributed by atoms with Crippen molar-refractivity contribution in [3.05, 3.63) is 65.8 Å². The summed E-state index contributed by atoms with van der Waals surface area (Å²) in [6, 6.07) is 19.7. The fraction of sp³-hybridized carbons (Fsp3) is 0. The van der Waals surface area contributed by atoms with Crippen LogP contribution < -0.4 is 0 Å². The first-order valence-corrected chi connectivity index (χ1v) is 6.24. The number of hydrogen-bond donors (Lipinski definition) is 0. The Morgan fingerprint density at radius 1 is 0.684 bits per heavy atom. The lowest BCUT2D eigenvalue weighted by Gasteiger charge is -2.08. The molecular formula is C15H10ClN3. The highest BCUT2D eigenvalue weighted by atomic mass is 35.5. The van der Waals surface area contributed by atoms with Gasteiger partial charge in [-0.2, -0.15) is 0 Å². The summed E-state index contributed by atoms with van der Waals surface area (Å²) >= 11 is 6.20. The van der Waals surface area contributed by atoms with Crippen LogP contribution in [0.3, 0.4) is 0 Å². The van der Waals surface area contributed by atoms with Crippen molar-refractivity contribution in [1.29, 1.82) is 0 Å². The van der Waals surface area contributed by atoms with Gasteiger partial charge in [-0.25, -0.2) is 0 Å². The molecule has 1 aromatic heterocycles. The van der Waals surface area contributed by atoms with Crippen LogP contribution in [0.2, 0.25) is 5.15 Å². The molecule has 3 nitrogen and oxygen atoms in total. The van der Waals surface area contributed by atoms with E-state index in [1.807, 2.05) is 60.7 Å². The molecule has 0 spiro atoms. The second-order valence-electron chi connectivity index (χ2n) is 4.04. The van der Waals surface area contributed by atoms with E-state index in [1.54, 1.807) is 0 Å². The van der Waals surface area contributed by atoms with Crippen LogP contribution in [0.4, 0.5) is 0 Å². The number of benzene rings is 2. The van der Waals surface area contributed by atoms with E-state index in [9.17, 15) is 0 Å². The minimum absolute atomic E-state index is 0.361. The third-order valence-corrected chi connectivity index (χ3v) is 3.09. The molecule has 0 unspecified atom stereocenters. The van der Waals surface area contributed by atoms with Crippen LogP contribution in [0, 0.1) is 0 Å². The third kappa shape index (κ3) is 2.33. The van der Waals surface area contributed by atoms with Crippen LogP contribution >= 0.6 is 11.6 Å². The summed E-state index contributed by atoms with van der Waals surface area (Å²) in [5.74, 6) is 0. The molecule has 0 aliphatic carbocycles. The van der Waals surface area contributed by atoms with Gasteiger partial charge in [-0.1, -0.05) is 72.3 Å². The van der Waals surface area contributed by atoms with Crippen LogP contribution in [-0.2, 0) is 0 Å². The van der Waals surface area contributed by atoms with E-state index in [1.165, 1.54) is 0 Å². The number of rotatable bonds is 2. The highest BCUT2D eigenvalue weighted by Gasteiger charge is 2.14. The van der Waals surface area contributed by atoms with Crippen LogP contribution in [0.15, 0.2) is 60.7 Å². The van der Waals surface area contributed by atoms with E-state index in [-0.39, 0.29) is 0 Å². The summed E-state index contributed by atoms with van der Waals surface area (Å²) < 4.78 is 0. The van der Waals surface area contributed by atoms with Crippen molar-refractivity contribution < 1.29 is 0 Å². The monoisotopic (exact) mass is 267 g/mol. The van der Waals surface area contributed by atoms with Crippen molar-refractivity contribution in [2.24, 2.45) is 0 Å². The molecule has 92 valence electrons. The van der Waals surface area contributed by atoms with E-state index >= 15 is 0 Å². The zero-order chi connectivity index (χ0) is 13.1. The van der Waals surface area contributed by atoms with Gasteiger partial charge in [0.1, 0.15) is 5.69 Å². The van der Waals surface area contributed by atoms with Crippen molar-refractivity contribution in [2.75, 3.05) is 0 Å². The second-order valence-corrected chi connectivity index (χ2v) is 4.39. The van der Waals surface area contributed by atoms with E-state index in [4.69, 9.17) is 11.6 Å². The average Bonchev–Trinajstić information content (AvgIpc) is 2.49. The van der Waals surface area contributed by atoms with Crippen LogP contribution in [0.25, 0.3) is 22.4 Å². The Labute approximate surface area is 115 Å². The minimum Gasteiger partial charge on any atom is -0.129 e. The molecule has 0 N–H and O–H groups in total. The quantitative estimate of drug-likeness (QED) is 0.708. The summed E-state index contributed by atoms with van der Waals surface area (Å²) in [4.78, 5) is 0. The smallest absolute Gasteiger partial charge is 0.129 e. The van der Waals surface area contributed by atoms with E-state index in [0.717, 1.165) is 22.4 Å². The zero-order valence-corrected chi connectivity index (χ0v) is 10.7. The molecule has 3 rings (SSSR count). The summed E-state index contributed by atoms with van der Waals surface area (Å²) in [5.41, 5.74) is 3.50. The summed E-state index contributed by atoms with van der Waals surface area (Å²) in [7, 11) is 0. The Bertz CT molecular complexity index is 684. The third-order valence-electron chi connectivity index (χ3n) is 2.83. The summed E-state index contributed by atoms with van der Waals surface area (Å²) in [6.45, 7) is 0. The topological polar surface area (TPSA) is 38.7 Å². The molecule has 0 saturated heterocycles. The first-order chi connectivity index (χ1) is 9.36. The molecule has 0 saturated carbocycles. The summed E-state index contributed by atoms with van der Waals surface area (Å²) in [5, 5.41) is 12.1. The van der Waals surface area contributed by atoms with Crippen molar-refractivity contribution in [2.45, 2.75) is 0 Å². The van der Waals surface area contributed by atoms with Gasteiger partial charge in [0.25, 0.3) is 0 Å². The van der Waals surface area contributed by atoms with Crippen LogP contribution in [0.5, 0.6) is 0 Å². The molecule has 0 fully saturated rings. The maximum absolute atomic E-state index is 6.20. The van der Waals surface area contributed by atoms with Gasteiger partial charge in [0, 0.05) is 11.1 Å². The predicted octanol–water partition coefficient (Wildman–Crippen LogP) is 3.86. The van der Waals surface area contributed by atoms with Gasteiger partial charge < -0.3 is 0 Å². The molecule has 0 aliphatic heterocycles. The standard InChI is InChI=1S/C15H10ClN3/c16-15-13(11-7-3-1-4-8-11)14(17-19-18-15)12-9-5-2-6-10-12/h1-10H. The first kappa shape index (κ1) is 11.8.